The highest BCUT2D eigenvalue weighted by atomic mass is 19.1. The molecule has 8 nitrogen and oxygen atoms in total. The van der Waals surface area contributed by atoms with Crippen LogP contribution in [0, 0.1) is 23.1 Å². The van der Waals surface area contributed by atoms with Crippen LogP contribution in [-0.4, -0.2) is 73.3 Å². The van der Waals surface area contributed by atoms with Crippen LogP contribution in [0.5, 0.6) is 11.5 Å². The summed E-state index contributed by atoms with van der Waals surface area (Å²) in [6, 6.07) is 4.28. The summed E-state index contributed by atoms with van der Waals surface area (Å²) in [5.41, 5.74) is 0.732. The van der Waals surface area contributed by atoms with Gasteiger partial charge in [-0.2, -0.15) is 0 Å². The summed E-state index contributed by atoms with van der Waals surface area (Å²) in [5, 5.41) is 0. The first-order valence-corrected chi connectivity index (χ1v) is 14.0. The first-order chi connectivity index (χ1) is 18.4. The van der Waals surface area contributed by atoms with Crippen LogP contribution < -0.4 is 14.5 Å². The minimum Gasteiger partial charge on any atom is -0.450 e. The Morgan fingerprint density at radius 2 is 1.95 bits per heavy atom. The fourth-order valence-electron chi connectivity index (χ4n) is 6.02. The lowest BCUT2D eigenvalue weighted by molar-refractivity contribution is -0.121. The Balaban J connectivity index is 1.25. The fourth-order valence-corrected chi connectivity index (χ4v) is 6.02. The molecular formula is C29H40FN5O3. The Hall–Kier alpha value is -2.78. The van der Waals surface area contributed by atoms with Crippen LogP contribution in [0.15, 0.2) is 30.7 Å². The summed E-state index contributed by atoms with van der Waals surface area (Å²) in [6.07, 6.45) is 7.94. The lowest BCUT2D eigenvalue weighted by Crippen LogP contribution is -2.61. The number of hydrogen-bond donors (Lipinski definition) is 0. The van der Waals surface area contributed by atoms with Gasteiger partial charge in [-0.1, -0.05) is 13.8 Å². The van der Waals surface area contributed by atoms with Gasteiger partial charge in [-0.3, -0.25) is 4.79 Å². The van der Waals surface area contributed by atoms with E-state index in [1.54, 1.807) is 17.2 Å². The number of hydrogen-bond acceptors (Lipinski definition) is 7. The molecule has 0 unspecified atom stereocenters. The predicted molar refractivity (Wildman–Crippen MR) is 145 cm³/mol. The number of anilines is 2. The Labute approximate surface area is 225 Å². The van der Waals surface area contributed by atoms with E-state index in [4.69, 9.17) is 9.47 Å². The van der Waals surface area contributed by atoms with Gasteiger partial charge in [0.05, 0.1) is 11.9 Å². The molecule has 38 heavy (non-hydrogen) atoms. The van der Waals surface area contributed by atoms with Crippen LogP contribution in [0.25, 0.3) is 0 Å². The Bertz CT molecular complexity index is 1110. The van der Waals surface area contributed by atoms with Gasteiger partial charge in [0.25, 0.3) is 0 Å². The molecular weight excluding hydrogens is 485 g/mol. The Morgan fingerprint density at radius 3 is 2.63 bits per heavy atom. The highest BCUT2D eigenvalue weighted by Gasteiger charge is 2.46. The third-order valence-electron chi connectivity index (χ3n) is 8.29. The first-order valence-electron chi connectivity index (χ1n) is 14.0. The normalized spacial score (nSPS) is 20.0. The standard InChI is InChI=1S/C29H40FN5O3/c1-4-35(28(36)21(2)3)24-15-23(30)5-6-25(24)38-26-16-31-20-32-27(26)34-18-29(19-34)9-11-33(12-10-29)17-22-7-13-37-14-8-22/h5-6,15-16,20-22H,4,7-14,17-19H2,1-3H3. The summed E-state index contributed by atoms with van der Waals surface area (Å²) >= 11 is 0. The van der Waals surface area contributed by atoms with Crippen LogP contribution in [-0.2, 0) is 9.53 Å². The number of carbonyl (C=O) groups excluding carboxylic acids is 1. The zero-order valence-electron chi connectivity index (χ0n) is 22.9. The number of rotatable bonds is 8. The van der Waals surface area contributed by atoms with Gasteiger partial charge < -0.3 is 24.2 Å². The molecule has 0 N–H and O–H groups in total. The molecule has 0 atom stereocenters. The van der Waals surface area contributed by atoms with E-state index < -0.39 is 5.82 Å². The lowest BCUT2D eigenvalue weighted by atomic mass is 9.72. The highest BCUT2D eigenvalue weighted by Crippen LogP contribution is 2.45. The number of benzene rings is 1. The van der Waals surface area contributed by atoms with Gasteiger partial charge in [0.1, 0.15) is 12.1 Å². The fraction of sp³-hybridized carbons (Fsp3) is 0.621. The highest BCUT2D eigenvalue weighted by molar-refractivity contribution is 5.96. The number of amides is 1. The van der Waals surface area contributed by atoms with Crippen LogP contribution in [0.1, 0.15) is 46.5 Å². The molecule has 9 heteroatoms. The second-order valence-corrected chi connectivity index (χ2v) is 11.4. The smallest absolute Gasteiger partial charge is 0.229 e. The Kier molecular flexibility index (Phi) is 8.14. The summed E-state index contributed by atoms with van der Waals surface area (Å²) in [4.78, 5) is 28.0. The summed E-state index contributed by atoms with van der Waals surface area (Å²) in [7, 11) is 0. The van der Waals surface area contributed by atoms with Gasteiger partial charge in [0.2, 0.25) is 5.91 Å². The van der Waals surface area contributed by atoms with Crippen molar-refractivity contribution >= 4 is 17.4 Å². The molecule has 0 radical (unpaired) electrons. The van der Waals surface area contributed by atoms with Gasteiger partial charge in [0.15, 0.2) is 17.3 Å². The van der Waals surface area contributed by atoms with E-state index in [-0.39, 0.29) is 11.8 Å². The molecule has 0 aliphatic carbocycles. The lowest BCUT2D eigenvalue weighted by Gasteiger charge is -2.54. The minimum atomic E-state index is -0.417. The SMILES string of the molecule is CCN(C(=O)C(C)C)c1cc(F)ccc1Oc1cncnc1N1CC2(CCN(CC3CCOCC3)CC2)C1. The number of nitrogens with zero attached hydrogens (tertiary/aromatic N) is 5. The van der Waals surface area contributed by atoms with E-state index in [0.29, 0.717) is 29.1 Å². The third-order valence-corrected chi connectivity index (χ3v) is 8.29. The Morgan fingerprint density at radius 1 is 1.21 bits per heavy atom. The maximum absolute atomic E-state index is 14.2. The second kappa shape index (κ2) is 11.5. The molecule has 3 fully saturated rings. The van der Waals surface area contributed by atoms with Gasteiger partial charge in [-0.25, -0.2) is 14.4 Å². The molecule has 3 aliphatic rings. The largest absolute Gasteiger partial charge is 0.450 e. The van der Waals surface area contributed by atoms with E-state index in [1.165, 1.54) is 50.7 Å². The van der Waals surface area contributed by atoms with Crippen LogP contribution >= 0.6 is 0 Å². The molecule has 2 aromatic rings. The average molecular weight is 526 g/mol. The van der Waals surface area contributed by atoms with Gasteiger partial charge >= 0.3 is 0 Å². The third kappa shape index (κ3) is 5.78. The summed E-state index contributed by atoms with van der Waals surface area (Å²) in [6.45, 7) is 13.1. The van der Waals surface area contributed by atoms with Crippen molar-refractivity contribution in [3.05, 3.63) is 36.5 Å². The van der Waals surface area contributed by atoms with Crippen molar-refractivity contribution in [3.63, 3.8) is 0 Å². The summed E-state index contributed by atoms with van der Waals surface area (Å²) in [5.74, 6) is 1.72. The van der Waals surface area contributed by atoms with Crippen molar-refractivity contribution in [1.82, 2.24) is 14.9 Å². The van der Waals surface area contributed by atoms with Crippen LogP contribution in [0.3, 0.4) is 0 Å². The van der Waals surface area contributed by atoms with E-state index in [0.717, 1.165) is 51.1 Å². The number of aromatic nitrogens is 2. The number of piperidine rings is 1. The van der Waals surface area contributed by atoms with Crippen molar-refractivity contribution in [3.8, 4) is 11.5 Å². The predicted octanol–water partition coefficient (Wildman–Crippen LogP) is 4.75. The van der Waals surface area contributed by atoms with Crippen LogP contribution in [0.4, 0.5) is 15.9 Å². The van der Waals surface area contributed by atoms with Gasteiger partial charge in [-0.05, 0) is 63.7 Å². The molecule has 4 heterocycles. The first kappa shape index (κ1) is 26.8. The molecule has 1 amide bonds. The number of likely N-dealkylation sites (tertiary alicyclic amines) is 1. The minimum absolute atomic E-state index is 0.0830. The zero-order valence-corrected chi connectivity index (χ0v) is 22.9. The summed E-state index contributed by atoms with van der Waals surface area (Å²) < 4.78 is 26.1. The quantitative estimate of drug-likeness (QED) is 0.493. The monoisotopic (exact) mass is 525 g/mol. The van der Waals surface area contributed by atoms with E-state index in [9.17, 15) is 9.18 Å². The molecule has 1 aromatic carbocycles. The number of carbonyl (C=O) groups is 1. The molecule has 1 aromatic heterocycles. The van der Waals surface area contributed by atoms with Crippen molar-refractivity contribution in [2.75, 3.05) is 62.3 Å². The number of halogens is 1. The van der Waals surface area contributed by atoms with Crippen molar-refractivity contribution in [1.29, 1.82) is 0 Å². The van der Waals surface area contributed by atoms with Crippen molar-refractivity contribution in [2.45, 2.75) is 46.5 Å². The maximum Gasteiger partial charge on any atom is 0.229 e. The van der Waals surface area contributed by atoms with Crippen molar-refractivity contribution < 1.29 is 18.7 Å². The van der Waals surface area contributed by atoms with Crippen LogP contribution in [0.2, 0.25) is 0 Å². The molecule has 5 rings (SSSR count). The van der Waals surface area contributed by atoms with E-state index >= 15 is 0 Å². The molecule has 206 valence electrons. The van der Waals surface area contributed by atoms with Gasteiger partial charge in [-0.15, -0.1) is 0 Å². The topological polar surface area (TPSA) is 71.0 Å². The molecule has 0 saturated carbocycles. The zero-order chi connectivity index (χ0) is 26.7. The number of ether oxygens (including phenoxy) is 2. The molecule has 1 spiro atoms. The molecule has 0 bridgehead atoms. The van der Waals surface area contributed by atoms with E-state index in [1.807, 2.05) is 20.8 Å². The second-order valence-electron chi connectivity index (χ2n) is 11.4. The van der Waals surface area contributed by atoms with Gasteiger partial charge in [0, 0.05) is 56.8 Å². The van der Waals surface area contributed by atoms with Crippen molar-refractivity contribution in [2.24, 2.45) is 17.3 Å². The van der Waals surface area contributed by atoms with E-state index in [2.05, 4.69) is 19.8 Å². The molecule has 3 aliphatic heterocycles. The maximum atomic E-state index is 14.2. The average Bonchev–Trinajstić information content (AvgIpc) is 2.91. The molecule has 3 saturated heterocycles.